The predicted molar refractivity (Wildman–Crippen MR) is 75.4 cm³/mol. The molecule has 0 unspecified atom stereocenters. The maximum atomic E-state index is 11.9. The Kier molecular flexibility index (Phi) is 5.72. The van der Waals surface area contributed by atoms with E-state index in [4.69, 9.17) is 0 Å². The fourth-order valence-electron chi connectivity index (χ4n) is 1.45. The van der Waals surface area contributed by atoms with Gasteiger partial charge in [-0.2, -0.15) is 0 Å². The summed E-state index contributed by atoms with van der Waals surface area (Å²) < 4.78 is 26.3. The number of carbonyl (C=O) groups excluding carboxylic acids is 1. The molecule has 0 aromatic heterocycles. The summed E-state index contributed by atoms with van der Waals surface area (Å²) in [6, 6.07) is 6.04. The summed E-state index contributed by atoms with van der Waals surface area (Å²) in [5.41, 5.74) is 0.570. The number of nitrogens with one attached hydrogen (secondary N) is 2. The Labute approximate surface area is 113 Å². The van der Waals surface area contributed by atoms with Crippen LogP contribution in [0.25, 0.3) is 0 Å². The Morgan fingerprint density at radius 2 is 1.89 bits per heavy atom. The fraction of sp³-hybridized carbons (Fsp3) is 0.308. The lowest BCUT2D eigenvalue weighted by Gasteiger charge is -2.07. The van der Waals surface area contributed by atoms with Gasteiger partial charge in [0, 0.05) is 19.2 Å². The number of amides is 1. The lowest BCUT2D eigenvalue weighted by Crippen LogP contribution is -2.24. The van der Waals surface area contributed by atoms with E-state index in [0.717, 1.165) is 0 Å². The van der Waals surface area contributed by atoms with E-state index in [2.05, 4.69) is 10.0 Å². The minimum absolute atomic E-state index is 0.182. The van der Waals surface area contributed by atoms with Crippen molar-refractivity contribution >= 4 is 21.6 Å². The maximum absolute atomic E-state index is 11.9. The highest BCUT2D eigenvalue weighted by atomic mass is 32.2. The molecule has 1 aromatic rings. The van der Waals surface area contributed by atoms with Gasteiger partial charge in [-0.05, 0) is 37.6 Å². The van der Waals surface area contributed by atoms with E-state index in [1.165, 1.54) is 19.1 Å². The smallest absolute Gasteiger partial charge is 0.240 e. The van der Waals surface area contributed by atoms with Gasteiger partial charge in [0.15, 0.2) is 0 Å². The van der Waals surface area contributed by atoms with Crippen LogP contribution in [0, 0.1) is 0 Å². The zero-order valence-electron chi connectivity index (χ0n) is 11.0. The molecule has 0 aliphatic heterocycles. The molecule has 19 heavy (non-hydrogen) atoms. The van der Waals surface area contributed by atoms with E-state index in [9.17, 15) is 13.2 Å². The molecule has 0 fully saturated rings. The van der Waals surface area contributed by atoms with Gasteiger partial charge >= 0.3 is 0 Å². The van der Waals surface area contributed by atoms with Crippen LogP contribution >= 0.6 is 0 Å². The van der Waals surface area contributed by atoms with E-state index in [0.29, 0.717) is 18.7 Å². The normalized spacial score (nSPS) is 11.7. The first-order chi connectivity index (χ1) is 8.95. The molecule has 0 radical (unpaired) electrons. The summed E-state index contributed by atoms with van der Waals surface area (Å²) in [7, 11) is -3.48. The molecule has 104 valence electrons. The van der Waals surface area contributed by atoms with Crippen LogP contribution in [0.5, 0.6) is 0 Å². The zero-order valence-corrected chi connectivity index (χ0v) is 11.8. The van der Waals surface area contributed by atoms with Gasteiger partial charge in [-0.3, -0.25) is 4.79 Å². The largest absolute Gasteiger partial charge is 0.326 e. The van der Waals surface area contributed by atoms with Gasteiger partial charge in [0.25, 0.3) is 0 Å². The molecular formula is C13H18N2O3S. The van der Waals surface area contributed by atoms with E-state index in [-0.39, 0.29) is 10.8 Å². The molecule has 1 amide bonds. The number of benzene rings is 1. The van der Waals surface area contributed by atoms with E-state index in [1.54, 1.807) is 12.1 Å². The standard InChI is InChI=1S/C13H18N2O3S/c1-3-4-5-10-14-19(17,18)13-8-6-12(7-9-13)15-11(2)16/h3-4,6-9,14H,5,10H2,1-2H3,(H,15,16)/b4-3+. The third-order valence-corrected chi connectivity index (χ3v) is 3.80. The minimum Gasteiger partial charge on any atom is -0.326 e. The van der Waals surface area contributed by atoms with Crippen molar-refractivity contribution < 1.29 is 13.2 Å². The molecule has 1 aromatic carbocycles. The van der Waals surface area contributed by atoms with Gasteiger partial charge in [-0.15, -0.1) is 0 Å². The molecule has 6 heteroatoms. The Morgan fingerprint density at radius 3 is 2.42 bits per heavy atom. The van der Waals surface area contributed by atoms with Gasteiger partial charge in [0.1, 0.15) is 0 Å². The number of sulfonamides is 1. The summed E-state index contributed by atoms with van der Waals surface area (Å²) in [6.45, 7) is 3.64. The highest BCUT2D eigenvalue weighted by Gasteiger charge is 2.12. The Morgan fingerprint density at radius 1 is 1.26 bits per heavy atom. The summed E-state index contributed by atoms with van der Waals surface area (Å²) in [5, 5.41) is 2.58. The van der Waals surface area contributed by atoms with Crippen molar-refractivity contribution in [3.05, 3.63) is 36.4 Å². The highest BCUT2D eigenvalue weighted by Crippen LogP contribution is 2.13. The van der Waals surface area contributed by atoms with Crippen LogP contribution in [0.3, 0.4) is 0 Å². The van der Waals surface area contributed by atoms with E-state index >= 15 is 0 Å². The van der Waals surface area contributed by atoms with E-state index in [1.807, 2.05) is 19.1 Å². The van der Waals surface area contributed by atoms with E-state index < -0.39 is 10.0 Å². The van der Waals surface area contributed by atoms with Crippen LogP contribution in [0.4, 0.5) is 5.69 Å². The Bertz CT molecular complexity index is 548. The van der Waals surface area contributed by atoms with Crippen LogP contribution in [0.15, 0.2) is 41.3 Å². The van der Waals surface area contributed by atoms with Crippen LogP contribution in [0.1, 0.15) is 20.3 Å². The van der Waals surface area contributed by atoms with Gasteiger partial charge in [-0.25, -0.2) is 13.1 Å². The second kappa shape index (κ2) is 7.06. The van der Waals surface area contributed by atoms with Crippen LogP contribution in [0.2, 0.25) is 0 Å². The molecule has 1 rings (SSSR count). The first-order valence-electron chi connectivity index (χ1n) is 5.94. The molecular weight excluding hydrogens is 264 g/mol. The van der Waals surface area contributed by atoms with Crippen LogP contribution < -0.4 is 10.0 Å². The molecule has 0 aliphatic carbocycles. The molecule has 5 nitrogen and oxygen atoms in total. The van der Waals surface area contributed by atoms with Gasteiger partial charge in [0.2, 0.25) is 15.9 Å². The third-order valence-electron chi connectivity index (χ3n) is 2.32. The molecule has 0 heterocycles. The van der Waals surface area contributed by atoms with Gasteiger partial charge < -0.3 is 5.32 Å². The number of rotatable bonds is 6. The summed E-state index contributed by atoms with van der Waals surface area (Å²) in [5.74, 6) is -0.194. The van der Waals surface area contributed by atoms with Crippen molar-refractivity contribution in [1.82, 2.24) is 4.72 Å². The lowest BCUT2D eigenvalue weighted by molar-refractivity contribution is -0.114. The van der Waals surface area contributed by atoms with Crippen LogP contribution in [-0.4, -0.2) is 20.9 Å². The minimum atomic E-state index is -3.48. The lowest BCUT2D eigenvalue weighted by atomic mass is 10.3. The number of anilines is 1. The Balaban J connectivity index is 2.70. The molecule has 0 bridgehead atoms. The molecule has 0 saturated heterocycles. The molecule has 0 aliphatic rings. The molecule has 0 saturated carbocycles. The highest BCUT2D eigenvalue weighted by molar-refractivity contribution is 7.89. The summed E-state index contributed by atoms with van der Waals surface area (Å²) >= 11 is 0. The number of allylic oxidation sites excluding steroid dienone is 1. The third kappa shape index (κ3) is 5.23. The Hall–Kier alpha value is -1.66. The molecule has 0 spiro atoms. The summed E-state index contributed by atoms with van der Waals surface area (Å²) in [6.07, 6.45) is 4.42. The second-order valence-corrected chi connectivity index (χ2v) is 5.73. The topological polar surface area (TPSA) is 75.3 Å². The first kappa shape index (κ1) is 15.4. The zero-order chi connectivity index (χ0) is 14.3. The quantitative estimate of drug-likeness (QED) is 0.618. The van der Waals surface area contributed by atoms with Crippen molar-refractivity contribution in [3.63, 3.8) is 0 Å². The van der Waals surface area contributed by atoms with Gasteiger partial charge in [0.05, 0.1) is 4.90 Å². The number of hydrogen-bond donors (Lipinski definition) is 2. The average molecular weight is 282 g/mol. The number of carbonyl (C=O) groups is 1. The van der Waals surface area contributed by atoms with Gasteiger partial charge in [-0.1, -0.05) is 12.2 Å². The average Bonchev–Trinajstić information content (AvgIpc) is 2.35. The SMILES string of the molecule is C/C=C/CCNS(=O)(=O)c1ccc(NC(C)=O)cc1. The fourth-order valence-corrected chi connectivity index (χ4v) is 2.49. The first-order valence-corrected chi connectivity index (χ1v) is 7.42. The number of hydrogen-bond acceptors (Lipinski definition) is 3. The van der Waals surface area contributed by atoms with Crippen LogP contribution in [-0.2, 0) is 14.8 Å². The molecule has 0 atom stereocenters. The van der Waals surface area contributed by atoms with Crippen molar-refractivity contribution in [3.8, 4) is 0 Å². The summed E-state index contributed by atoms with van der Waals surface area (Å²) in [4.78, 5) is 11.0. The van der Waals surface area contributed by atoms with Crippen molar-refractivity contribution in [2.45, 2.75) is 25.2 Å². The monoisotopic (exact) mass is 282 g/mol. The van der Waals surface area contributed by atoms with Crippen molar-refractivity contribution in [2.75, 3.05) is 11.9 Å². The maximum Gasteiger partial charge on any atom is 0.240 e. The molecule has 2 N–H and O–H groups in total. The van der Waals surface area contributed by atoms with Crippen molar-refractivity contribution in [2.24, 2.45) is 0 Å². The van der Waals surface area contributed by atoms with Crippen molar-refractivity contribution in [1.29, 1.82) is 0 Å². The second-order valence-electron chi connectivity index (χ2n) is 3.96. The predicted octanol–water partition coefficient (Wildman–Crippen LogP) is 1.89.